The SMILES string of the molecule is CCS(=O)(=O)NCCCNC(=NC)N1CCC2(CCCCC2)C1. The van der Waals surface area contributed by atoms with Gasteiger partial charge in [0.1, 0.15) is 0 Å². The van der Waals surface area contributed by atoms with Crippen LogP contribution < -0.4 is 10.0 Å². The number of hydrogen-bond donors (Lipinski definition) is 2. The number of aliphatic imine (C=N–C) groups is 1. The average Bonchev–Trinajstić information content (AvgIpc) is 2.95. The van der Waals surface area contributed by atoms with Gasteiger partial charge in [-0.15, -0.1) is 0 Å². The van der Waals surface area contributed by atoms with Crippen molar-refractivity contribution in [1.82, 2.24) is 14.9 Å². The van der Waals surface area contributed by atoms with E-state index in [9.17, 15) is 8.42 Å². The van der Waals surface area contributed by atoms with Crippen LogP contribution in [0.4, 0.5) is 0 Å². The lowest BCUT2D eigenvalue weighted by molar-refractivity contribution is 0.203. The van der Waals surface area contributed by atoms with Gasteiger partial charge in [-0.1, -0.05) is 19.3 Å². The van der Waals surface area contributed by atoms with E-state index in [1.165, 1.54) is 38.5 Å². The molecule has 0 atom stereocenters. The Kier molecular flexibility index (Phi) is 6.71. The minimum Gasteiger partial charge on any atom is -0.356 e. The molecular weight excluding hydrogens is 312 g/mol. The van der Waals surface area contributed by atoms with E-state index in [4.69, 9.17) is 0 Å². The van der Waals surface area contributed by atoms with Crippen molar-refractivity contribution in [2.75, 3.05) is 39.0 Å². The molecule has 1 spiro atoms. The lowest BCUT2D eigenvalue weighted by Crippen LogP contribution is -2.42. The highest BCUT2D eigenvalue weighted by atomic mass is 32.2. The fraction of sp³-hybridized carbons (Fsp3) is 0.938. The van der Waals surface area contributed by atoms with Gasteiger partial charge in [-0.2, -0.15) is 0 Å². The van der Waals surface area contributed by atoms with Gasteiger partial charge in [0.05, 0.1) is 5.75 Å². The van der Waals surface area contributed by atoms with Gasteiger partial charge in [0.15, 0.2) is 5.96 Å². The van der Waals surface area contributed by atoms with E-state index in [-0.39, 0.29) is 5.75 Å². The molecule has 2 aliphatic rings. The summed E-state index contributed by atoms with van der Waals surface area (Å²) in [7, 11) is -1.25. The summed E-state index contributed by atoms with van der Waals surface area (Å²) in [5.74, 6) is 1.10. The summed E-state index contributed by atoms with van der Waals surface area (Å²) in [6, 6.07) is 0. The molecule has 1 aliphatic carbocycles. The third-order valence-electron chi connectivity index (χ3n) is 5.20. The molecule has 0 unspecified atom stereocenters. The predicted octanol–water partition coefficient (Wildman–Crippen LogP) is 1.55. The van der Waals surface area contributed by atoms with Gasteiger partial charge in [0.25, 0.3) is 0 Å². The van der Waals surface area contributed by atoms with Crippen molar-refractivity contribution in [3.8, 4) is 0 Å². The van der Waals surface area contributed by atoms with E-state index in [1.807, 2.05) is 7.05 Å². The first-order valence-corrected chi connectivity index (χ1v) is 10.6. The lowest BCUT2D eigenvalue weighted by atomic mass is 9.73. The maximum Gasteiger partial charge on any atom is 0.211 e. The summed E-state index contributed by atoms with van der Waals surface area (Å²) < 4.78 is 25.3. The number of rotatable bonds is 6. The van der Waals surface area contributed by atoms with Crippen LogP contribution in [0, 0.1) is 5.41 Å². The minimum absolute atomic E-state index is 0.137. The molecule has 0 aromatic rings. The van der Waals surface area contributed by atoms with Crippen LogP contribution in [-0.2, 0) is 10.0 Å². The van der Waals surface area contributed by atoms with Crippen molar-refractivity contribution < 1.29 is 8.42 Å². The molecule has 2 fully saturated rings. The zero-order valence-electron chi connectivity index (χ0n) is 14.6. The Morgan fingerprint density at radius 2 is 1.91 bits per heavy atom. The van der Waals surface area contributed by atoms with Gasteiger partial charge in [0, 0.05) is 33.2 Å². The summed E-state index contributed by atoms with van der Waals surface area (Å²) in [5.41, 5.74) is 0.520. The first-order valence-electron chi connectivity index (χ1n) is 8.93. The van der Waals surface area contributed by atoms with Crippen molar-refractivity contribution in [3.05, 3.63) is 0 Å². The van der Waals surface area contributed by atoms with Crippen LogP contribution in [0.2, 0.25) is 0 Å². The number of sulfonamides is 1. The van der Waals surface area contributed by atoms with E-state index in [2.05, 4.69) is 19.9 Å². The van der Waals surface area contributed by atoms with E-state index < -0.39 is 10.0 Å². The molecule has 0 bridgehead atoms. The molecule has 6 nitrogen and oxygen atoms in total. The Labute approximate surface area is 141 Å². The van der Waals surface area contributed by atoms with Gasteiger partial charge in [-0.05, 0) is 38.0 Å². The molecule has 0 radical (unpaired) electrons. The largest absolute Gasteiger partial charge is 0.356 e. The molecule has 0 aromatic heterocycles. The molecule has 1 saturated heterocycles. The average molecular weight is 345 g/mol. The highest BCUT2D eigenvalue weighted by Crippen LogP contribution is 2.43. The molecule has 2 N–H and O–H groups in total. The molecule has 134 valence electrons. The van der Waals surface area contributed by atoms with Gasteiger partial charge >= 0.3 is 0 Å². The lowest BCUT2D eigenvalue weighted by Gasteiger charge is -2.33. The third-order valence-corrected chi connectivity index (χ3v) is 6.61. The van der Waals surface area contributed by atoms with Crippen LogP contribution in [0.5, 0.6) is 0 Å². The highest BCUT2D eigenvalue weighted by Gasteiger charge is 2.39. The van der Waals surface area contributed by atoms with Crippen molar-refractivity contribution >= 4 is 16.0 Å². The van der Waals surface area contributed by atoms with Gasteiger partial charge < -0.3 is 10.2 Å². The number of nitrogens with one attached hydrogen (secondary N) is 2. The number of guanidine groups is 1. The molecule has 0 aromatic carbocycles. The van der Waals surface area contributed by atoms with E-state index in [0.717, 1.165) is 32.0 Å². The van der Waals surface area contributed by atoms with Gasteiger partial charge in [-0.3, -0.25) is 4.99 Å². The maximum atomic E-state index is 11.4. The molecule has 23 heavy (non-hydrogen) atoms. The zero-order chi connectivity index (χ0) is 16.8. The summed E-state index contributed by atoms with van der Waals surface area (Å²) in [6.07, 6.45) is 8.90. The smallest absolute Gasteiger partial charge is 0.211 e. The fourth-order valence-corrected chi connectivity index (χ4v) is 4.44. The second-order valence-corrected chi connectivity index (χ2v) is 8.95. The Hall–Kier alpha value is -0.820. The monoisotopic (exact) mass is 344 g/mol. The summed E-state index contributed by atoms with van der Waals surface area (Å²) in [5, 5.41) is 3.38. The number of hydrogen-bond acceptors (Lipinski definition) is 3. The highest BCUT2D eigenvalue weighted by molar-refractivity contribution is 7.89. The standard InChI is InChI=1S/C16H32N4O2S/c1-3-23(21,22)19-12-7-11-18-15(17-2)20-13-10-16(14-20)8-5-4-6-9-16/h19H,3-14H2,1-2H3,(H,17,18). The molecule has 1 aliphatic heterocycles. The van der Waals surface area contributed by atoms with Crippen molar-refractivity contribution in [1.29, 1.82) is 0 Å². The van der Waals surface area contributed by atoms with Crippen LogP contribution in [0.3, 0.4) is 0 Å². The molecule has 2 rings (SSSR count). The quantitative estimate of drug-likeness (QED) is 0.435. The van der Waals surface area contributed by atoms with Crippen molar-refractivity contribution in [2.24, 2.45) is 10.4 Å². The molecule has 7 heteroatoms. The third kappa shape index (κ3) is 5.35. The van der Waals surface area contributed by atoms with Crippen LogP contribution in [0.25, 0.3) is 0 Å². The van der Waals surface area contributed by atoms with Crippen molar-refractivity contribution in [3.63, 3.8) is 0 Å². The maximum absolute atomic E-state index is 11.4. The number of likely N-dealkylation sites (tertiary alicyclic amines) is 1. The topological polar surface area (TPSA) is 73.8 Å². The summed E-state index contributed by atoms with van der Waals surface area (Å²) in [6.45, 7) is 5.07. The molecular formula is C16H32N4O2S. The van der Waals surface area contributed by atoms with Crippen LogP contribution in [-0.4, -0.2) is 58.3 Å². The first kappa shape index (κ1) is 18.5. The number of nitrogens with zero attached hydrogens (tertiary/aromatic N) is 2. The van der Waals surface area contributed by atoms with Crippen molar-refractivity contribution in [2.45, 2.75) is 51.9 Å². The Bertz CT molecular complexity index is 498. The predicted molar refractivity (Wildman–Crippen MR) is 95.2 cm³/mol. The van der Waals surface area contributed by atoms with Crippen LogP contribution in [0.1, 0.15) is 51.9 Å². The van der Waals surface area contributed by atoms with E-state index in [1.54, 1.807) is 6.92 Å². The van der Waals surface area contributed by atoms with Crippen LogP contribution in [0.15, 0.2) is 4.99 Å². The molecule has 1 heterocycles. The Morgan fingerprint density at radius 1 is 1.17 bits per heavy atom. The Morgan fingerprint density at radius 3 is 2.57 bits per heavy atom. The normalized spacial score (nSPS) is 21.8. The fourth-order valence-electron chi connectivity index (χ4n) is 3.78. The van der Waals surface area contributed by atoms with E-state index in [0.29, 0.717) is 12.0 Å². The molecule has 0 amide bonds. The first-order chi connectivity index (χ1) is 11.0. The summed E-state index contributed by atoms with van der Waals surface area (Å²) in [4.78, 5) is 6.78. The second-order valence-electron chi connectivity index (χ2n) is 6.86. The van der Waals surface area contributed by atoms with E-state index >= 15 is 0 Å². The van der Waals surface area contributed by atoms with Crippen LogP contribution >= 0.6 is 0 Å². The van der Waals surface area contributed by atoms with Gasteiger partial charge in [-0.25, -0.2) is 13.1 Å². The Balaban J connectivity index is 1.72. The zero-order valence-corrected chi connectivity index (χ0v) is 15.4. The minimum atomic E-state index is -3.08. The second kappa shape index (κ2) is 8.33. The summed E-state index contributed by atoms with van der Waals surface area (Å²) >= 11 is 0. The molecule has 1 saturated carbocycles. The van der Waals surface area contributed by atoms with Gasteiger partial charge in [0.2, 0.25) is 10.0 Å².